The first kappa shape index (κ1) is 11.4. The first-order valence-corrected chi connectivity index (χ1v) is 5.22. The maximum atomic E-state index is 11.6. The Balaban J connectivity index is 2.39. The van der Waals surface area contributed by atoms with Gasteiger partial charge >= 0.3 is 0 Å². The molecule has 6 nitrogen and oxygen atoms in total. The van der Waals surface area contributed by atoms with Crippen molar-refractivity contribution in [2.45, 2.75) is 19.8 Å². The van der Waals surface area contributed by atoms with Gasteiger partial charge in [0, 0.05) is 18.2 Å². The molecule has 2 rings (SSSR count). The van der Waals surface area contributed by atoms with Crippen LogP contribution in [0.5, 0.6) is 5.75 Å². The zero-order valence-corrected chi connectivity index (χ0v) is 9.85. The Bertz CT molecular complexity index is 571. The third-order valence-corrected chi connectivity index (χ3v) is 2.29. The lowest BCUT2D eigenvalue weighted by Crippen LogP contribution is -2.05. The molecule has 0 bridgehead atoms. The number of hydrogen-bond donors (Lipinski definition) is 1. The molecule has 0 aliphatic heterocycles. The van der Waals surface area contributed by atoms with E-state index < -0.39 is 0 Å². The average Bonchev–Trinajstić information content (AvgIpc) is 2.78. The molecule has 0 radical (unpaired) electrons. The zero-order valence-electron chi connectivity index (χ0n) is 9.85. The lowest BCUT2D eigenvalue weighted by atomic mass is 10.2. The Morgan fingerprint density at radius 2 is 2.24 bits per heavy atom. The topological polar surface area (TPSA) is 81.0 Å². The molecule has 2 aromatic heterocycles. The highest BCUT2D eigenvalue weighted by Crippen LogP contribution is 2.17. The van der Waals surface area contributed by atoms with Crippen LogP contribution >= 0.6 is 0 Å². The van der Waals surface area contributed by atoms with E-state index >= 15 is 0 Å². The highest BCUT2D eigenvalue weighted by Gasteiger charge is 2.13. The van der Waals surface area contributed by atoms with E-state index in [0.717, 1.165) is 0 Å². The zero-order chi connectivity index (χ0) is 12.4. The molecule has 0 saturated carbocycles. The number of pyridine rings is 1. The fourth-order valence-corrected chi connectivity index (χ4v) is 1.32. The van der Waals surface area contributed by atoms with Crippen LogP contribution in [-0.4, -0.2) is 22.2 Å². The van der Waals surface area contributed by atoms with Crippen molar-refractivity contribution in [3.8, 4) is 17.3 Å². The van der Waals surface area contributed by atoms with Crippen molar-refractivity contribution in [1.82, 2.24) is 15.1 Å². The monoisotopic (exact) mass is 235 g/mol. The molecule has 0 aliphatic carbocycles. The van der Waals surface area contributed by atoms with Gasteiger partial charge < -0.3 is 14.2 Å². The molecule has 17 heavy (non-hydrogen) atoms. The average molecular weight is 235 g/mol. The predicted molar refractivity (Wildman–Crippen MR) is 61.0 cm³/mol. The summed E-state index contributed by atoms with van der Waals surface area (Å²) >= 11 is 0. The van der Waals surface area contributed by atoms with E-state index in [9.17, 15) is 4.79 Å². The Hall–Kier alpha value is -2.11. The summed E-state index contributed by atoms with van der Waals surface area (Å²) in [6, 6.07) is 1.37. The van der Waals surface area contributed by atoms with Gasteiger partial charge in [-0.3, -0.25) is 4.79 Å². The van der Waals surface area contributed by atoms with Crippen molar-refractivity contribution in [3.63, 3.8) is 0 Å². The second-order valence-corrected chi connectivity index (χ2v) is 3.89. The summed E-state index contributed by atoms with van der Waals surface area (Å²) in [6.45, 7) is 3.93. The molecule has 2 aromatic rings. The molecule has 0 saturated heterocycles. The van der Waals surface area contributed by atoms with Gasteiger partial charge in [0.1, 0.15) is 5.69 Å². The second-order valence-electron chi connectivity index (χ2n) is 3.89. The number of ether oxygens (including phenoxy) is 1. The van der Waals surface area contributed by atoms with Gasteiger partial charge in [0.2, 0.25) is 5.43 Å². The van der Waals surface area contributed by atoms with Crippen molar-refractivity contribution in [2.75, 3.05) is 7.11 Å². The van der Waals surface area contributed by atoms with Gasteiger partial charge in [0.25, 0.3) is 5.89 Å². The van der Waals surface area contributed by atoms with Crippen molar-refractivity contribution in [1.29, 1.82) is 0 Å². The fourth-order valence-electron chi connectivity index (χ4n) is 1.32. The largest absolute Gasteiger partial charge is 0.491 e. The Kier molecular flexibility index (Phi) is 2.95. The van der Waals surface area contributed by atoms with Gasteiger partial charge in [0.15, 0.2) is 11.6 Å². The summed E-state index contributed by atoms with van der Waals surface area (Å²) < 4.78 is 9.94. The lowest BCUT2D eigenvalue weighted by Gasteiger charge is -1.98. The van der Waals surface area contributed by atoms with Crippen LogP contribution in [0, 0.1) is 0 Å². The SMILES string of the molecule is COc1c[nH]c(-c2nc(C(C)C)no2)cc1=O. The van der Waals surface area contributed by atoms with Crippen LogP contribution in [0.2, 0.25) is 0 Å². The van der Waals surface area contributed by atoms with Crippen molar-refractivity contribution in [2.24, 2.45) is 0 Å². The minimum Gasteiger partial charge on any atom is -0.491 e. The van der Waals surface area contributed by atoms with Crippen LogP contribution in [-0.2, 0) is 0 Å². The number of rotatable bonds is 3. The first-order chi connectivity index (χ1) is 8.11. The summed E-state index contributed by atoms with van der Waals surface area (Å²) in [5.41, 5.74) is 0.251. The molecule has 0 aromatic carbocycles. The third kappa shape index (κ3) is 2.20. The number of hydrogen-bond acceptors (Lipinski definition) is 5. The highest BCUT2D eigenvalue weighted by atomic mass is 16.5. The van der Waals surface area contributed by atoms with Gasteiger partial charge in [-0.2, -0.15) is 4.98 Å². The van der Waals surface area contributed by atoms with Crippen molar-refractivity contribution in [3.05, 3.63) is 28.3 Å². The van der Waals surface area contributed by atoms with E-state index in [1.807, 2.05) is 13.8 Å². The molecule has 0 unspecified atom stereocenters. The van der Waals surface area contributed by atoms with Gasteiger partial charge in [-0.25, -0.2) is 0 Å². The van der Waals surface area contributed by atoms with E-state index in [-0.39, 0.29) is 17.1 Å². The molecule has 6 heteroatoms. The lowest BCUT2D eigenvalue weighted by molar-refractivity contribution is 0.407. The summed E-state index contributed by atoms with van der Waals surface area (Å²) in [5, 5.41) is 3.82. The standard InChI is InChI=1S/C11H13N3O3/c1-6(2)10-13-11(17-14-10)7-4-8(15)9(16-3)5-12-7/h4-6H,1-3H3,(H,12,15). The summed E-state index contributed by atoms with van der Waals surface area (Å²) in [5.74, 6) is 1.33. The van der Waals surface area contributed by atoms with E-state index in [0.29, 0.717) is 17.4 Å². The molecule has 90 valence electrons. The van der Waals surface area contributed by atoms with Crippen LogP contribution in [0.15, 0.2) is 21.6 Å². The van der Waals surface area contributed by atoms with E-state index in [1.165, 1.54) is 19.4 Å². The molecule has 0 aliphatic rings. The predicted octanol–water partition coefficient (Wildman–Crippen LogP) is 1.56. The van der Waals surface area contributed by atoms with Gasteiger partial charge in [-0.15, -0.1) is 0 Å². The van der Waals surface area contributed by atoms with Crippen molar-refractivity contribution >= 4 is 0 Å². The molecule has 0 spiro atoms. The van der Waals surface area contributed by atoms with Crippen LogP contribution in [0.1, 0.15) is 25.6 Å². The van der Waals surface area contributed by atoms with E-state index in [1.54, 1.807) is 0 Å². The number of nitrogens with zero attached hydrogens (tertiary/aromatic N) is 2. The van der Waals surface area contributed by atoms with Gasteiger partial charge in [-0.05, 0) is 0 Å². The number of aromatic nitrogens is 3. The second kappa shape index (κ2) is 4.40. The molecular weight excluding hydrogens is 222 g/mol. The molecule has 0 atom stereocenters. The maximum absolute atomic E-state index is 11.6. The Morgan fingerprint density at radius 3 is 2.76 bits per heavy atom. The van der Waals surface area contributed by atoms with E-state index in [4.69, 9.17) is 9.26 Å². The van der Waals surface area contributed by atoms with Crippen LogP contribution < -0.4 is 10.2 Å². The highest BCUT2D eigenvalue weighted by molar-refractivity contribution is 5.47. The van der Waals surface area contributed by atoms with Crippen LogP contribution in [0.3, 0.4) is 0 Å². The molecule has 2 heterocycles. The Labute approximate surface area is 97.6 Å². The normalized spacial score (nSPS) is 10.8. The third-order valence-electron chi connectivity index (χ3n) is 2.29. The number of H-pyrrole nitrogens is 1. The molecule has 1 N–H and O–H groups in total. The summed E-state index contributed by atoms with van der Waals surface area (Å²) in [4.78, 5) is 18.6. The molecule has 0 amide bonds. The first-order valence-electron chi connectivity index (χ1n) is 5.22. The quantitative estimate of drug-likeness (QED) is 0.873. The fraction of sp³-hybridized carbons (Fsp3) is 0.364. The minimum atomic E-state index is -0.231. The van der Waals surface area contributed by atoms with Crippen LogP contribution in [0.25, 0.3) is 11.6 Å². The van der Waals surface area contributed by atoms with Gasteiger partial charge in [0.05, 0.1) is 7.11 Å². The van der Waals surface area contributed by atoms with Gasteiger partial charge in [-0.1, -0.05) is 19.0 Å². The number of nitrogens with one attached hydrogen (secondary N) is 1. The molecular formula is C11H13N3O3. The summed E-state index contributed by atoms with van der Waals surface area (Å²) in [7, 11) is 1.44. The smallest absolute Gasteiger partial charge is 0.274 e. The Morgan fingerprint density at radius 1 is 1.47 bits per heavy atom. The van der Waals surface area contributed by atoms with Crippen molar-refractivity contribution < 1.29 is 9.26 Å². The van der Waals surface area contributed by atoms with E-state index in [2.05, 4.69) is 15.1 Å². The number of aromatic amines is 1. The minimum absolute atomic E-state index is 0.178. The summed E-state index contributed by atoms with van der Waals surface area (Å²) in [6.07, 6.45) is 1.47. The van der Waals surface area contributed by atoms with Crippen LogP contribution in [0.4, 0.5) is 0 Å². The maximum Gasteiger partial charge on any atom is 0.274 e. The number of methoxy groups -OCH3 is 1. The molecule has 0 fully saturated rings.